The van der Waals surface area contributed by atoms with Crippen LogP contribution < -0.4 is 0 Å². The molecule has 11 heteroatoms. The molecule has 1 atom stereocenters. The van der Waals surface area contributed by atoms with Crippen molar-refractivity contribution in [3.8, 4) is 0 Å². The summed E-state index contributed by atoms with van der Waals surface area (Å²) in [7, 11) is -6.70. The van der Waals surface area contributed by atoms with Crippen LogP contribution in [0.15, 0.2) is 0 Å². The fourth-order valence-corrected chi connectivity index (χ4v) is 1.31. The van der Waals surface area contributed by atoms with E-state index in [0.29, 0.717) is 0 Å². The van der Waals surface area contributed by atoms with E-state index in [1.165, 1.54) is 0 Å². The topological polar surface area (TPSA) is 15.7 Å². The van der Waals surface area contributed by atoms with E-state index in [1.54, 1.807) is 0 Å². The zero-order chi connectivity index (χ0) is 14.7. The van der Waals surface area contributed by atoms with E-state index >= 15 is 0 Å². The molecule has 18 heavy (non-hydrogen) atoms. The molecule has 0 spiro atoms. The van der Waals surface area contributed by atoms with E-state index in [0.717, 1.165) is 26.3 Å². The van der Waals surface area contributed by atoms with Crippen molar-refractivity contribution in [2.45, 2.75) is 5.62 Å². The first kappa shape index (κ1) is 18.2. The van der Waals surface area contributed by atoms with Crippen LogP contribution in [0.2, 0.25) is 0 Å². The first-order valence-electron chi connectivity index (χ1n) is 4.85. The molecule has 0 radical (unpaired) electrons. The van der Waals surface area contributed by atoms with Gasteiger partial charge in [-0.1, -0.05) is 11.6 Å². The van der Waals surface area contributed by atoms with E-state index in [-0.39, 0.29) is 5.62 Å². The molecule has 0 saturated carbocycles. The average Bonchev–Trinajstić information content (AvgIpc) is 2.13. The normalized spacial score (nSPS) is 23.7. The van der Waals surface area contributed by atoms with Gasteiger partial charge in [-0.15, -0.1) is 0 Å². The second kappa shape index (κ2) is 5.28. The van der Waals surface area contributed by atoms with Gasteiger partial charge in [-0.3, -0.25) is 9.80 Å². The van der Waals surface area contributed by atoms with Crippen molar-refractivity contribution in [2.24, 2.45) is 0 Å². The zero-order valence-electron chi connectivity index (χ0n) is 9.80. The Morgan fingerprint density at radius 2 is 1.39 bits per heavy atom. The molecule has 1 unspecified atom stereocenters. The Morgan fingerprint density at radius 3 is 1.67 bits per heavy atom. The molecule has 1 saturated heterocycles. The molecule has 0 aromatic rings. The molecule has 1 heterocycles. The maximum atomic E-state index is 9.87. The van der Waals surface area contributed by atoms with E-state index in [1.807, 2.05) is 19.0 Å². The Morgan fingerprint density at radius 1 is 1.06 bits per heavy atom. The minimum atomic E-state index is -10.7. The second-order valence-corrected chi connectivity index (χ2v) is 6.19. The monoisotopic (exact) mass is 323 g/mol. The van der Waals surface area contributed by atoms with Crippen molar-refractivity contribution in [3.63, 3.8) is 0 Å². The molecular formula is C7H15ClF6N2OP-. The van der Waals surface area contributed by atoms with Crippen LogP contribution in [0.1, 0.15) is 0 Å². The molecule has 114 valence electrons. The summed E-state index contributed by atoms with van der Waals surface area (Å²) in [4.78, 5) is 4.19. The maximum absolute atomic E-state index is 10.7. The fourth-order valence-electron chi connectivity index (χ4n) is 1.12. The molecule has 1 aliphatic rings. The summed E-state index contributed by atoms with van der Waals surface area (Å²) in [5.41, 5.74) is 0.0129. The summed E-state index contributed by atoms with van der Waals surface area (Å²) < 4.78 is 64.4. The van der Waals surface area contributed by atoms with Crippen LogP contribution in [0.25, 0.3) is 0 Å². The Balaban J connectivity index is 0.000000360. The zero-order valence-corrected chi connectivity index (χ0v) is 11.5. The SMILES string of the molecule is CN(C)C(Cl)N1CCOCC1.F[P-](F)(F)(F)(F)F. The number of halogens is 7. The van der Waals surface area contributed by atoms with Gasteiger partial charge in [0.25, 0.3) is 0 Å². The summed E-state index contributed by atoms with van der Waals surface area (Å²) in [5.74, 6) is 0. The van der Waals surface area contributed by atoms with Gasteiger partial charge in [-0.2, -0.15) is 0 Å². The first-order chi connectivity index (χ1) is 7.66. The van der Waals surface area contributed by atoms with Gasteiger partial charge in [0.2, 0.25) is 0 Å². The third-order valence-corrected chi connectivity index (χ3v) is 2.44. The van der Waals surface area contributed by atoms with Gasteiger partial charge in [-0.25, -0.2) is 0 Å². The van der Waals surface area contributed by atoms with Crippen molar-refractivity contribution in [2.75, 3.05) is 40.4 Å². The summed E-state index contributed by atoms with van der Waals surface area (Å²) >= 11 is 6.09. The molecule has 0 amide bonds. The fraction of sp³-hybridized carbons (Fsp3) is 1.00. The van der Waals surface area contributed by atoms with Crippen LogP contribution >= 0.6 is 19.4 Å². The van der Waals surface area contributed by atoms with E-state index in [4.69, 9.17) is 16.3 Å². The number of alkyl halides is 1. The predicted octanol–water partition coefficient (Wildman–Crippen LogP) is 3.79. The van der Waals surface area contributed by atoms with Crippen LogP contribution in [0.3, 0.4) is 0 Å². The third-order valence-electron chi connectivity index (χ3n) is 1.77. The van der Waals surface area contributed by atoms with Crippen molar-refractivity contribution in [1.82, 2.24) is 9.80 Å². The van der Waals surface area contributed by atoms with E-state index in [9.17, 15) is 25.2 Å². The third kappa shape index (κ3) is 14.2. The molecular weight excluding hydrogens is 309 g/mol. The Bertz CT molecular complexity index is 253. The number of nitrogens with zero attached hydrogens (tertiary/aromatic N) is 2. The van der Waals surface area contributed by atoms with Gasteiger partial charge in [0.05, 0.1) is 13.2 Å². The van der Waals surface area contributed by atoms with Gasteiger partial charge in [0.1, 0.15) is 5.62 Å². The first-order valence-corrected chi connectivity index (χ1v) is 7.32. The minimum absolute atomic E-state index is 0.0129. The Labute approximate surface area is 106 Å². The quantitative estimate of drug-likeness (QED) is 0.333. The van der Waals surface area contributed by atoms with Gasteiger partial charge < -0.3 is 4.74 Å². The van der Waals surface area contributed by atoms with Crippen molar-refractivity contribution >= 4 is 19.4 Å². The summed E-state index contributed by atoms with van der Waals surface area (Å²) in [6, 6.07) is 0. The molecule has 1 aliphatic heterocycles. The molecule has 3 nitrogen and oxygen atoms in total. The van der Waals surface area contributed by atoms with Gasteiger partial charge in [-0.05, 0) is 14.1 Å². The Hall–Kier alpha value is 0.180. The van der Waals surface area contributed by atoms with Gasteiger partial charge in [0.15, 0.2) is 0 Å². The van der Waals surface area contributed by atoms with Crippen LogP contribution in [0, 0.1) is 0 Å². The standard InChI is InChI=1S/C7H15ClN2O.F6P/c1-9(2)7(8)10-3-5-11-6-4-10;1-7(2,3,4,5)6/h7H,3-6H2,1-2H3;/q;-1. The van der Waals surface area contributed by atoms with Crippen molar-refractivity contribution < 1.29 is 29.9 Å². The number of hydrogen-bond donors (Lipinski definition) is 0. The summed E-state index contributed by atoms with van der Waals surface area (Å²) in [6.45, 7) is 3.48. The van der Waals surface area contributed by atoms with Crippen LogP contribution in [-0.2, 0) is 4.74 Å². The number of hydrogen-bond acceptors (Lipinski definition) is 3. The van der Waals surface area contributed by atoms with Crippen molar-refractivity contribution in [3.05, 3.63) is 0 Å². The van der Waals surface area contributed by atoms with Crippen LogP contribution in [0.4, 0.5) is 25.2 Å². The summed E-state index contributed by atoms with van der Waals surface area (Å²) in [5, 5.41) is 0. The van der Waals surface area contributed by atoms with E-state index < -0.39 is 7.81 Å². The van der Waals surface area contributed by atoms with Crippen molar-refractivity contribution in [1.29, 1.82) is 0 Å². The number of morpholine rings is 1. The molecule has 1 rings (SSSR count). The molecule has 0 bridgehead atoms. The molecule has 1 fully saturated rings. The average molecular weight is 324 g/mol. The Kier molecular flexibility index (Phi) is 5.33. The number of rotatable bonds is 2. The van der Waals surface area contributed by atoms with Gasteiger partial charge >= 0.3 is 33.0 Å². The van der Waals surface area contributed by atoms with Gasteiger partial charge in [0, 0.05) is 13.1 Å². The molecule has 0 aromatic carbocycles. The van der Waals surface area contributed by atoms with E-state index in [2.05, 4.69) is 4.90 Å². The number of ether oxygens (including phenoxy) is 1. The summed E-state index contributed by atoms with van der Waals surface area (Å²) in [6.07, 6.45) is 0. The molecule has 0 aromatic heterocycles. The molecule has 0 N–H and O–H groups in total. The van der Waals surface area contributed by atoms with Crippen LogP contribution in [0.5, 0.6) is 0 Å². The molecule has 0 aliphatic carbocycles. The van der Waals surface area contributed by atoms with Crippen LogP contribution in [-0.4, -0.2) is 55.8 Å². The second-order valence-electron chi connectivity index (χ2n) is 3.88. The predicted molar refractivity (Wildman–Crippen MR) is 59.3 cm³/mol.